The Labute approximate surface area is 124 Å². The summed E-state index contributed by atoms with van der Waals surface area (Å²) in [5.74, 6) is -3.16. The number of rotatable bonds is 3. The third kappa shape index (κ3) is 2.24. The molecule has 0 aliphatic carbocycles. The van der Waals surface area contributed by atoms with Gasteiger partial charge >= 0.3 is 5.97 Å². The van der Waals surface area contributed by atoms with Crippen LogP contribution in [0.15, 0.2) is 42.5 Å². The van der Waals surface area contributed by atoms with Gasteiger partial charge in [-0.05, 0) is 35.4 Å². The molecule has 1 aliphatic heterocycles. The van der Waals surface area contributed by atoms with Gasteiger partial charge in [-0.15, -0.1) is 0 Å². The maximum atomic E-state index is 12.9. The number of Topliss-reactive ketones (excluding diaryl/α,β-unsaturated/α-hetero) is 1. The molecule has 0 aromatic heterocycles. The molecule has 0 radical (unpaired) electrons. The number of carbonyl (C=O) groups excluding carboxylic acids is 2. The van der Waals surface area contributed by atoms with Crippen molar-refractivity contribution in [2.24, 2.45) is 0 Å². The molecular weight excluding hydrogens is 289 g/mol. The van der Waals surface area contributed by atoms with Crippen molar-refractivity contribution in [1.29, 1.82) is 0 Å². The molecule has 1 aliphatic rings. The van der Waals surface area contributed by atoms with Crippen LogP contribution in [0.3, 0.4) is 0 Å². The first-order valence-electron chi connectivity index (χ1n) is 6.45. The molecule has 0 spiro atoms. The number of carboxylic acids is 1. The summed E-state index contributed by atoms with van der Waals surface area (Å²) < 4.78 is 12.9. The average Bonchev–Trinajstić information content (AvgIpc) is 2.72. The first-order chi connectivity index (χ1) is 10.5. The highest BCUT2D eigenvalue weighted by atomic mass is 19.1. The first-order valence-corrected chi connectivity index (χ1v) is 6.45. The molecule has 0 saturated carbocycles. The van der Waals surface area contributed by atoms with Crippen molar-refractivity contribution >= 4 is 23.3 Å². The van der Waals surface area contributed by atoms with Crippen LogP contribution in [0.2, 0.25) is 0 Å². The van der Waals surface area contributed by atoms with E-state index in [0.29, 0.717) is 11.1 Å². The van der Waals surface area contributed by atoms with E-state index in [0.717, 1.165) is 4.90 Å². The Kier molecular flexibility index (Phi) is 3.21. The van der Waals surface area contributed by atoms with Crippen LogP contribution in [0, 0.1) is 5.82 Å². The Morgan fingerprint density at radius 1 is 1.05 bits per heavy atom. The predicted octanol–water partition coefficient (Wildman–Crippen LogP) is 2.11. The first kappa shape index (κ1) is 13.9. The van der Waals surface area contributed by atoms with Crippen molar-refractivity contribution in [3.05, 3.63) is 53.8 Å². The van der Waals surface area contributed by atoms with Crippen LogP contribution in [0.5, 0.6) is 0 Å². The SMILES string of the molecule is O=C(O)CN1C(=O)C(=O)c2cc(-c3ccc(F)cc3)ccc21. The van der Waals surface area contributed by atoms with E-state index < -0.39 is 24.2 Å². The molecule has 0 bridgehead atoms. The zero-order valence-electron chi connectivity index (χ0n) is 11.2. The maximum absolute atomic E-state index is 12.9. The number of carboxylic acid groups (broad SMARTS) is 1. The Morgan fingerprint density at radius 3 is 2.32 bits per heavy atom. The lowest BCUT2D eigenvalue weighted by molar-refractivity contribution is -0.136. The van der Waals surface area contributed by atoms with Crippen LogP contribution in [-0.2, 0) is 9.59 Å². The molecule has 110 valence electrons. The summed E-state index contributed by atoms with van der Waals surface area (Å²) in [6, 6.07) is 10.4. The normalized spacial score (nSPS) is 13.4. The minimum absolute atomic E-state index is 0.160. The number of anilines is 1. The highest BCUT2D eigenvalue weighted by molar-refractivity contribution is 6.52. The summed E-state index contributed by atoms with van der Waals surface area (Å²) in [5, 5.41) is 8.82. The molecule has 6 heteroatoms. The van der Waals surface area contributed by atoms with Crippen molar-refractivity contribution in [2.75, 3.05) is 11.4 Å². The van der Waals surface area contributed by atoms with Crippen molar-refractivity contribution < 1.29 is 23.9 Å². The fourth-order valence-electron chi connectivity index (χ4n) is 2.41. The molecule has 3 rings (SSSR count). The standard InChI is InChI=1S/C16H10FNO4/c17-11-4-1-9(2-5-11)10-3-6-13-12(7-10)15(21)16(22)18(13)8-14(19)20/h1-7H,8H2,(H,19,20). The van der Waals surface area contributed by atoms with Crippen LogP contribution in [0.1, 0.15) is 10.4 Å². The molecule has 0 fully saturated rings. The summed E-state index contributed by atoms with van der Waals surface area (Å²) in [4.78, 5) is 35.6. The fourth-order valence-corrected chi connectivity index (χ4v) is 2.41. The van der Waals surface area contributed by atoms with E-state index in [4.69, 9.17) is 5.11 Å². The number of nitrogens with zero attached hydrogens (tertiary/aromatic N) is 1. The lowest BCUT2D eigenvalue weighted by Gasteiger charge is -2.13. The monoisotopic (exact) mass is 299 g/mol. The van der Waals surface area contributed by atoms with E-state index in [1.807, 2.05) is 0 Å². The zero-order valence-corrected chi connectivity index (χ0v) is 11.2. The number of amides is 1. The number of benzene rings is 2. The van der Waals surface area contributed by atoms with Gasteiger partial charge in [0.05, 0.1) is 11.3 Å². The van der Waals surface area contributed by atoms with Crippen molar-refractivity contribution in [3.8, 4) is 11.1 Å². The smallest absolute Gasteiger partial charge is 0.323 e. The third-order valence-corrected chi connectivity index (χ3v) is 3.44. The summed E-state index contributed by atoms with van der Waals surface area (Å²) >= 11 is 0. The van der Waals surface area contributed by atoms with E-state index in [1.165, 1.54) is 24.3 Å². The van der Waals surface area contributed by atoms with Crippen molar-refractivity contribution in [3.63, 3.8) is 0 Å². The second-order valence-corrected chi connectivity index (χ2v) is 4.85. The molecule has 1 amide bonds. The van der Waals surface area contributed by atoms with Crippen LogP contribution >= 0.6 is 0 Å². The highest BCUT2D eigenvalue weighted by Gasteiger charge is 2.36. The van der Waals surface area contributed by atoms with Gasteiger partial charge in [-0.3, -0.25) is 19.3 Å². The lowest BCUT2D eigenvalue weighted by Crippen LogP contribution is -2.34. The average molecular weight is 299 g/mol. The Balaban J connectivity index is 2.04. The molecule has 0 saturated heterocycles. The highest BCUT2D eigenvalue weighted by Crippen LogP contribution is 2.32. The molecule has 0 atom stereocenters. The van der Waals surface area contributed by atoms with Crippen LogP contribution in [0.25, 0.3) is 11.1 Å². The Morgan fingerprint density at radius 2 is 1.68 bits per heavy atom. The van der Waals surface area contributed by atoms with Crippen molar-refractivity contribution in [2.45, 2.75) is 0 Å². The minimum atomic E-state index is -1.20. The minimum Gasteiger partial charge on any atom is -0.480 e. The Bertz CT molecular complexity index is 798. The predicted molar refractivity (Wildman–Crippen MR) is 76.2 cm³/mol. The van der Waals surface area contributed by atoms with Gasteiger partial charge in [0.15, 0.2) is 0 Å². The molecule has 2 aromatic rings. The van der Waals surface area contributed by atoms with Gasteiger partial charge in [-0.1, -0.05) is 18.2 Å². The van der Waals surface area contributed by atoms with E-state index in [2.05, 4.69) is 0 Å². The van der Waals surface area contributed by atoms with Gasteiger partial charge in [0.25, 0.3) is 11.7 Å². The van der Waals surface area contributed by atoms with E-state index >= 15 is 0 Å². The third-order valence-electron chi connectivity index (χ3n) is 3.44. The van der Waals surface area contributed by atoms with Gasteiger partial charge in [0.2, 0.25) is 0 Å². The summed E-state index contributed by atoms with van der Waals surface area (Å²) in [7, 11) is 0. The number of hydrogen-bond donors (Lipinski definition) is 1. The molecule has 0 unspecified atom stereocenters. The second-order valence-electron chi connectivity index (χ2n) is 4.85. The Hall–Kier alpha value is -3.02. The summed E-state index contributed by atoms with van der Waals surface area (Å²) in [6.07, 6.45) is 0. The zero-order chi connectivity index (χ0) is 15.9. The quantitative estimate of drug-likeness (QED) is 0.881. The van der Waals surface area contributed by atoms with Crippen molar-refractivity contribution in [1.82, 2.24) is 0 Å². The molecule has 5 nitrogen and oxygen atoms in total. The van der Waals surface area contributed by atoms with Gasteiger partial charge in [0, 0.05) is 0 Å². The van der Waals surface area contributed by atoms with Crippen LogP contribution in [-0.4, -0.2) is 29.3 Å². The number of aliphatic carboxylic acids is 1. The lowest BCUT2D eigenvalue weighted by atomic mass is 10.0. The van der Waals surface area contributed by atoms with Gasteiger partial charge in [-0.2, -0.15) is 0 Å². The van der Waals surface area contributed by atoms with Crippen LogP contribution in [0.4, 0.5) is 10.1 Å². The number of hydrogen-bond acceptors (Lipinski definition) is 3. The van der Waals surface area contributed by atoms with E-state index in [-0.39, 0.29) is 17.1 Å². The molecular formula is C16H10FNO4. The van der Waals surface area contributed by atoms with Gasteiger partial charge in [-0.25, -0.2) is 4.39 Å². The van der Waals surface area contributed by atoms with Gasteiger partial charge in [0.1, 0.15) is 12.4 Å². The largest absolute Gasteiger partial charge is 0.480 e. The van der Waals surface area contributed by atoms with Gasteiger partial charge < -0.3 is 5.11 Å². The number of carbonyl (C=O) groups is 3. The maximum Gasteiger partial charge on any atom is 0.323 e. The fraction of sp³-hybridized carbons (Fsp3) is 0.0625. The van der Waals surface area contributed by atoms with E-state index in [9.17, 15) is 18.8 Å². The van der Waals surface area contributed by atoms with Crippen LogP contribution < -0.4 is 4.90 Å². The molecule has 2 aromatic carbocycles. The topological polar surface area (TPSA) is 74.7 Å². The molecule has 1 N–H and O–H groups in total. The molecule has 1 heterocycles. The van der Waals surface area contributed by atoms with E-state index in [1.54, 1.807) is 18.2 Å². The number of halogens is 1. The molecule has 22 heavy (non-hydrogen) atoms. The number of ketones is 1. The summed E-state index contributed by atoms with van der Waals surface area (Å²) in [5.41, 5.74) is 1.79. The summed E-state index contributed by atoms with van der Waals surface area (Å²) in [6.45, 7) is -0.562. The number of fused-ring (bicyclic) bond motifs is 1. The second kappa shape index (κ2) is 5.07.